The van der Waals surface area contributed by atoms with Crippen LogP contribution in [-0.2, 0) is 0 Å². The maximum absolute atomic E-state index is 5.46. The van der Waals surface area contributed by atoms with Crippen LogP contribution < -0.4 is 17.0 Å². The Bertz CT molecular complexity index is 172. The van der Waals surface area contributed by atoms with E-state index in [9.17, 15) is 0 Å². The highest BCUT2D eigenvalue weighted by molar-refractivity contribution is 6.69. The highest BCUT2D eigenvalue weighted by Crippen LogP contribution is 1.92. The standard InChI is InChI=1S/C5H9ClN4/c1-4(7)5(6)9-2-3-10-8/h2-3,10H,1,7-8H2/b3-2-,9-5+. The molecule has 56 valence electrons. The van der Waals surface area contributed by atoms with Gasteiger partial charge in [-0.05, 0) is 0 Å². The van der Waals surface area contributed by atoms with E-state index in [0.29, 0.717) is 0 Å². The Morgan fingerprint density at radius 1 is 1.70 bits per heavy atom. The monoisotopic (exact) mass is 160 g/mol. The number of hydrogen-bond donors (Lipinski definition) is 3. The molecule has 0 atom stereocenters. The minimum Gasteiger partial charge on any atom is -0.397 e. The third-order valence-corrected chi connectivity index (χ3v) is 0.964. The van der Waals surface area contributed by atoms with Crippen LogP contribution in [0.4, 0.5) is 0 Å². The molecular weight excluding hydrogens is 152 g/mol. The SMILES string of the molecule is C=C(N)/C(Cl)=N\C=C/NN. The first-order valence-corrected chi connectivity index (χ1v) is 2.85. The first-order chi connectivity index (χ1) is 4.68. The molecule has 0 amide bonds. The number of nitrogens with zero attached hydrogens (tertiary/aromatic N) is 1. The van der Waals surface area contributed by atoms with Crippen molar-refractivity contribution in [2.24, 2.45) is 16.6 Å². The van der Waals surface area contributed by atoms with Crippen LogP contribution in [0.3, 0.4) is 0 Å². The van der Waals surface area contributed by atoms with E-state index in [-0.39, 0.29) is 10.9 Å². The normalized spacial score (nSPS) is 12.0. The van der Waals surface area contributed by atoms with Gasteiger partial charge < -0.3 is 11.2 Å². The van der Waals surface area contributed by atoms with Gasteiger partial charge in [0.25, 0.3) is 0 Å². The van der Waals surface area contributed by atoms with Crippen molar-refractivity contribution in [3.8, 4) is 0 Å². The van der Waals surface area contributed by atoms with Crippen molar-refractivity contribution in [1.82, 2.24) is 5.43 Å². The number of rotatable bonds is 3. The lowest BCUT2D eigenvalue weighted by Gasteiger charge is -1.90. The summed E-state index contributed by atoms with van der Waals surface area (Å²) in [5.74, 6) is 4.89. The minimum atomic E-state index is 0.159. The lowest BCUT2D eigenvalue weighted by molar-refractivity contribution is 0.963. The Labute approximate surface area is 64.2 Å². The van der Waals surface area contributed by atoms with Crippen molar-refractivity contribution in [3.63, 3.8) is 0 Å². The van der Waals surface area contributed by atoms with Gasteiger partial charge in [0, 0.05) is 12.4 Å². The van der Waals surface area contributed by atoms with Crippen LogP contribution in [0.25, 0.3) is 0 Å². The Morgan fingerprint density at radius 2 is 2.30 bits per heavy atom. The smallest absolute Gasteiger partial charge is 0.151 e. The molecule has 0 aliphatic heterocycles. The van der Waals surface area contributed by atoms with Gasteiger partial charge in [0.15, 0.2) is 5.17 Å². The summed E-state index contributed by atoms with van der Waals surface area (Å²) < 4.78 is 0. The quantitative estimate of drug-likeness (QED) is 0.310. The lowest BCUT2D eigenvalue weighted by atomic mass is 10.6. The van der Waals surface area contributed by atoms with Crippen LogP contribution in [0.15, 0.2) is 29.7 Å². The molecule has 0 fully saturated rings. The fourth-order valence-corrected chi connectivity index (χ4v) is 0.285. The molecule has 0 aromatic heterocycles. The average Bonchev–Trinajstić information content (AvgIpc) is 1.88. The fourth-order valence-electron chi connectivity index (χ4n) is 0.229. The summed E-state index contributed by atoms with van der Waals surface area (Å²) >= 11 is 5.46. The van der Waals surface area contributed by atoms with Gasteiger partial charge in [-0.1, -0.05) is 18.2 Å². The van der Waals surface area contributed by atoms with Gasteiger partial charge in [0.1, 0.15) is 0 Å². The molecule has 0 saturated heterocycles. The van der Waals surface area contributed by atoms with Gasteiger partial charge in [-0.3, -0.25) is 5.84 Å². The van der Waals surface area contributed by atoms with E-state index in [1.54, 1.807) is 0 Å². The second-order valence-corrected chi connectivity index (χ2v) is 1.79. The minimum absolute atomic E-state index is 0.159. The second kappa shape index (κ2) is 4.84. The topological polar surface area (TPSA) is 76.4 Å². The predicted octanol–water partition coefficient (Wildman–Crippen LogP) is 0.0306. The number of hydrazine groups is 1. The summed E-state index contributed by atoms with van der Waals surface area (Å²) in [6, 6.07) is 0. The van der Waals surface area contributed by atoms with Crippen molar-refractivity contribution >= 4 is 16.8 Å². The third kappa shape index (κ3) is 3.94. The molecule has 0 bridgehead atoms. The maximum atomic E-state index is 5.46. The zero-order valence-electron chi connectivity index (χ0n) is 5.34. The summed E-state index contributed by atoms with van der Waals surface area (Å²) in [4.78, 5) is 3.65. The first kappa shape index (κ1) is 9.00. The number of nitrogens with one attached hydrogen (secondary N) is 1. The molecule has 0 aliphatic carbocycles. The summed E-state index contributed by atoms with van der Waals surface area (Å²) in [6.07, 6.45) is 2.78. The predicted molar refractivity (Wildman–Crippen MR) is 43.1 cm³/mol. The van der Waals surface area contributed by atoms with Gasteiger partial charge in [0.2, 0.25) is 0 Å². The van der Waals surface area contributed by atoms with Crippen LogP contribution in [0, 0.1) is 0 Å². The highest BCUT2D eigenvalue weighted by Gasteiger charge is 1.89. The molecule has 0 aromatic rings. The van der Waals surface area contributed by atoms with Crippen molar-refractivity contribution in [3.05, 3.63) is 24.7 Å². The Hall–Kier alpha value is -1.00. The number of aliphatic imine (C=N–C) groups is 1. The van der Waals surface area contributed by atoms with Crippen molar-refractivity contribution < 1.29 is 0 Å². The summed E-state index contributed by atoms with van der Waals surface area (Å²) in [5.41, 5.74) is 7.65. The van der Waals surface area contributed by atoms with E-state index in [1.807, 2.05) is 0 Å². The maximum Gasteiger partial charge on any atom is 0.151 e. The van der Waals surface area contributed by atoms with Gasteiger partial charge in [-0.25, -0.2) is 4.99 Å². The molecule has 0 rings (SSSR count). The molecule has 0 radical (unpaired) electrons. The van der Waals surface area contributed by atoms with Crippen LogP contribution in [0.1, 0.15) is 0 Å². The molecular formula is C5H9ClN4. The molecule has 4 nitrogen and oxygen atoms in total. The fraction of sp³-hybridized carbons (Fsp3) is 0. The van der Waals surface area contributed by atoms with Gasteiger partial charge in [-0.15, -0.1) is 0 Å². The summed E-state index contributed by atoms with van der Waals surface area (Å²) in [5, 5.41) is 0.159. The molecule has 10 heavy (non-hydrogen) atoms. The van der Waals surface area contributed by atoms with Crippen molar-refractivity contribution in [2.45, 2.75) is 0 Å². The number of hydrogen-bond acceptors (Lipinski definition) is 4. The van der Waals surface area contributed by atoms with Crippen LogP contribution in [0.2, 0.25) is 0 Å². The molecule has 0 unspecified atom stereocenters. The largest absolute Gasteiger partial charge is 0.397 e. The second-order valence-electron chi connectivity index (χ2n) is 1.43. The zero-order chi connectivity index (χ0) is 7.98. The van der Waals surface area contributed by atoms with Crippen molar-refractivity contribution in [1.29, 1.82) is 0 Å². The summed E-state index contributed by atoms with van der Waals surface area (Å²) in [6.45, 7) is 3.36. The van der Waals surface area contributed by atoms with E-state index in [4.69, 9.17) is 23.2 Å². The van der Waals surface area contributed by atoms with Crippen molar-refractivity contribution in [2.75, 3.05) is 0 Å². The molecule has 5 heteroatoms. The number of halogens is 1. The average molecular weight is 161 g/mol. The Kier molecular flexibility index (Phi) is 4.36. The molecule has 0 heterocycles. The molecule has 0 saturated carbocycles. The Balaban J connectivity index is 3.92. The summed E-state index contributed by atoms with van der Waals surface area (Å²) in [7, 11) is 0. The molecule has 0 aliphatic rings. The van der Waals surface area contributed by atoms with E-state index < -0.39 is 0 Å². The van der Waals surface area contributed by atoms with Gasteiger partial charge >= 0.3 is 0 Å². The van der Waals surface area contributed by atoms with Crippen LogP contribution >= 0.6 is 11.6 Å². The number of nitrogens with two attached hydrogens (primary N) is 2. The van der Waals surface area contributed by atoms with E-state index >= 15 is 0 Å². The van der Waals surface area contributed by atoms with E-state index in [1.165, 1.54) is 12.4 Å². The van der Waals surface area contributed by atoms with Crippen LogP contribution in [-0.4, -0.2) is 5.17 Å². The zero-order valence-corrected chi connectivity index (χ0v) is 6.10. The van der Waals surface area contributed by atoms with Gasteiger partial charge in [-0.2, -0.15) is 0 Å². The number of allylic oxidation sites excluding steroid dienone is 1. The van der Waals surface area contributed by atoms with E-state index in [2.05, 4.69) is 17.0 Å². The third-order valence-electron chi connectivity index (χ3n) is 0.624. The van der Waals surface area contributed by atoms with E-state index in [0.717, 1.165) is 0 Å². The highest BCUT2D eigenvalue weighted by atomic mass is 35.5. The lowest BCUT2D eigenvalue weighted by Crippen LogP contribution is -2.12. The Morgan fingerprint density at radius 3 is 2.70 bits per heavy atom. The van der Waals surface area contributed by atoms with Gasteiger partial charge in [0.05, 0.1) is 5.70 Å². The first-order valence-electron chi connectivity index (χ1n) is 2.47. The van der Waals surface area contributed by atoms with Crippen LogP contribution in [0.5, 0.6) is 0 Å². The molecule has 0 spiro atoms. The molecule has 5 N–H and O–H groups in total. The molecule has 0 aromatic carbocycles.